The van der Waals surface area contributed by atoms with Crippen LogP contribution in [-0.2, 0) is 4.74 Å². The highest BCUT2D eigenvalue weighted by Gasteiger charge is 2.42. The summed E-state index contributed by atoms with van der Waals surface area (Å²) in [5.41, 5.74) is 6.74. The molecule has 0 aromatic heterocycles. The van der Waals surface area contributed by atoms with Crippen LogP contribution in [0.5, 0.6) is 0 Å². The highest BCUT2D eigenvalue weighted by atomic mass is 16.5. The van der Waals surface area contributed by atoms with Crippen molar-refractivity contribution in [2.24, 2.45) is 11.1 Å². The monoisotopic (exact) mass is 225 g/mol. The maximum Gasteiger partial charge on any atom is 0.0545 e. The molecule has 0 aromatic carbocycles. The Kier molecular flexibility index (Phi) is 2.92. The Balaban J connectivity index is 1.56. The number of piperidine rings is 2. The molecular weight excluding hydrogens is 202 g/mol. The molecule has 16 heavy (non-hydrogen) atoms. The SMILES string of the molecule is NC1CNCCC1N1CCC2(CC1)COC2. The summed E-state index contributed by atoms with van der Waals surface area (Å²) in [4.78, 5) is 2.62. The van der Waals surface area contributed by atoms with Gasteiger partial charge in [0.2, 0.25) is 0 Å². The zero-order valence-corrected chi connectivity index (χ0v) is 9.95. The van der Waals surface area contributed by atoms with Gasteiger partial charge in [-0.15, -0.1) is 0 Å². The summed E-state index contributed by atoms with van der Waals surface area (Å²) in [6.07, 6.45) is 3.83. The van der Waals surface area contributed by atoms with Gasteiger partial charge >= 0.3 is 0 Å². The predicted molar refractivity (Wildman–Crippen MR) is 63.3 cm³/mol. The minimum atomic E-state index is 0.320. The second-order valence-electron chi connectivity index (χ2n) is 5.75. The van der Waals surface area contributed by atoms with E-state index in [1.54, 1.807) is 0 Å². The smallest absolute Gasteiger partial charge is 0.0545 e. The van der Waals surface area contributed by atoms with Gasteiger partial charge in [-0.2, -0.15) is 0 Å². The van der Waals surface area contributed by atoms with E-state index in [0.717, 1.165) is 26.3 Å². The maximum atomic E-state index is 6.20. The van der Waals surface area contributed by atoms with Gasteiger partial charge in [0, 0.05) is 24.0 Å². The molecule has 3 aliphatic heterocycles. The third-order valence-electron chi connectivity index (χ3n) is 4.64. The zero-order valence-electron chi connectivity index (χ0n) is 9.95. The number of ether oxygens (including phenoxy) is 1. The van der Waals surface area contributed by atoms with E-state index in [1.807, 2.05) is 0 Å². The fourth-order valence-corrected chi connectivity index (χ4v) is 3.33. The molecular formula is C12H23N3O. The number of hydrogen-bond donors (Lipinski definition) is 2. The van der Waals surface area contributed by atoms with E-state index < -0.39 is 0 Å². The quantitative estimate of drug-likeness (QED) is 0.648. The van der Waals surface area contributed by atoms with Gasteiger partial charge in [-0.3, -0.25) is 4.90 Å². The lowest BCUT2D eigenvalue weighted by Gasteiger charge is -2.50. The first-order valence-corrected chi connectivity index (χ1v) is 6.57. The number of nitrogens with one attached hydrogen (secondary N) is 1. The molecule has 2 unspecified atom stereocenters. The summed E-state index contributed by atoms with van der Waals surface area (Å²) < 4.78 is 5.36. The molecule has 3 heterocycles. The molecule has 92 valence electrons. The second-order valence-corrected chi connectivity index (χ2v) is 5.75. The van der Waals surface area contributed by atoms with Gasteiger partial charge in [-0.25, -0.2) is 0 Å². The number of likely N-dealkylation sites (tertiary alicyclic amines) is 1. The van der Waals surface area contributed by atoms with Crippen molar-refractivity contribution in [1.29, 1.82) is 0 Å². The predicted octanol–water partition coefficient (Wildman–Crippen LogP) is -0.212. The minimum Gasteiger partial charge on any atom is -0.380 e. The van der Waals surface area contributed by atoms with Crippen molar-refractivity contribution in [1.82, 2.24) is 10.2 Å². The van der Waals surface area contributed by atoms with Crippen molar-refractivity contribution in [3.63, 3.8) is 0 Å². The Morgan fingerprint density at radius 2 is 2.00 bits per heavy atom. The van der Waals surface area contributed by atoms with E-state index in [9.17, 15) is 0 Å². The Morgan fingerprint density at radius 3 is 2.56 bits per heavy atom. The molecule has 0 saturated carbocycles. The first-order valence-electron chi connectivity index (χ1n) is 6.57. The van der Waals surface area contributed by atoms with Crippen molar-refractivity contribution in [2.75, 3.05) is 39.4 Å². The Hall–Kier alpha value is -0.160. The summed E-state index contributed by atoms with van der Waals surface area (Å²) >= 11 is 0. The standard InChI is InChI=1S/C12H23N3O/c13-10-7-14-4-1-11(10)15-5-2-12(3-6-15)8-16-9-12/h10-11,14H,1-9,13H2. The summed E-state index contributed by atoms with van der Waals surface area (Å²) in [5.74, 6) is 0. The minimum absolute atomic E-state index is 0.320. The van der Waals surface area contributed by atoms with E-state index in [4.69, 9.17) is 10.5 Å². The van der Waals surface area contributed by atoms with Gasteiger partial charge in [0.25, 0.3) is 0 Å². The lowest BCUT2D eigenvalue weighted by Crippen LogP contribution is -2.60. The highest BCUT2D eigenvalue weighted by molar-refractivity contribution is 4.95. The molecule has 3 fully saturated rings. The summed E-state index contributed by atoms with van der Waals surface area (Å²) in [6, 6.07) is 0.931. The molecule has 2 atom stereocenters. The van der Waals surface area contributed by atoms with Gasteiger partial charge in [-0.1, -0.05) is 0 Å². The first-order chi connectivity index (χ1) is 7.79. The molecule has 0 aliphatic carbocycles. The molecule has 4 heteroatoms. The largest absolute Gasteiger partial charge is 0.380 e. The van der Waals surface area contributed by atoms with Crippen LogP contribution in [0.15, 0.2) is 0 Å². The zero-order chi connectivity index (χ0) is 11.0. The third-order valence-corrected chi connectivity index (χ3v) is 4.64. The molecule has 0 amide bonds. The Morgan fingerprint density at radius 1 is 1.25 bits per heavy atom. The van der Waals surface area contributed by atoms with Crippen LogP contribution in [0.3, 0.4) is 0 Å². The number of nitrogens with two attached hydrogens (primary N) is 1. The molecule has 3 saturated heterocycles. The van der Waals surface area contributed by atoms with Crippen LogP contribution in [0.2, 0.25) is 0 Å². The van der Waals surface area contributed by atoms with Crippen LogP contribution in [0.25, 0.3) is 0 Å². The fourth-order valence-electron chi connectivity index (χ4n) is 3.33. The molecule has 0 bridgehead atoms. The highest BCUT2D eigenvalue weighted by Crippen LogP contribution is 2.39. The lowest BCUT2D eigenvalue weighted by molar-refractivity contribution is -0.143. The van der Waals surface area contributed by atoms with E-state index in [1.165, 1.54) is 32.4 Å². The molecule has 1 spiro atoms. The molecule has 3 aliphatic rings. The van der Waals surface area contributed by atoms with Gasteiger partial charge in [0.1, 0.15) is 0 Å². The van der Waals surface area contributed by atoms with Crippen molar-refractivity contribution in [2.45, 2.75) is 31.3 Å². The molecule has 0 radical (unpaired) electrons. The lowest BCUT2D eigenvalue weighted by atomic mass is 9.76. The summed E-state index contributed by atoms with van der Waals surface area (Å²) in [5, 5.41) is 3.37. The normalized spacial score (nSPS) is 39.6. The third kappa shape index (κ3) is 1.88. The van der Waals surface area contributed by atoms with E-state index >= 15 is 0 Å². The van der Waals surface area contributed by atoms with Crippen molar-refractivity contribution < 1.29 is 4.74 Å². The molecule has 4 nitrogen and oxygen atoms in total. The van der Waals surface area contributed by atoms with Crippen LogP contribution in [-0.4, -0.2) is 56.4 Å². The molecule has 3 rings (SSSR count). The summed E-state index contributed by atoms with van der Waals surface area (Å²) in [6.45, 7) is 6.56. The average molecular weight is 225 g/mol. The van der Waals surface area contributed by atoms with Crippen LogP contribution in [0.4, 0.5) is 0 Å². The van der Waals surface area contributed by atoms with E-state index in [-0.39, 0.29) is 0 Å². The van der Waals surface area contributed by atoms with Crippen LogP contribution in [0, 0.1) is 5.41 Å². The number of nitrogens with zero attached hydrogens (tertiary/aromatic N) is 1. The van der Waals surface area contributed by atoms with Crippen molar-refractivity contribution in [3.05, 3.63) is 0 Å². The van der Waals surface area contributed by atoms with Gasteiger partial charge in [0.05, 0.1) is 13.2 Å². The Bertz CT molecular complexity index is 245. The fraction of sp³-hybridized carbons (Fsp3) is 1.00. The first kappa shape index (κ1) is 11.0. The Labute approximate surface area is 97.5 Å². The van der Waals surface area contributed by atoms with Gasteiger partial charge in [0.15, 0.2) is 0 Å². The van der Waals surface area contributed by atoms with Gasteiger partial charge in [-0.05, 0) is 38.9 Å². The van der Waals surface area contributed by atoms with E-state index in [2.05, 4.69) is 10.2 Å². The van der Waals surface area contributed by atoms with Gasteiger partial charge < -0.3 is 15.8 Å². The number of hydrogen-bond acceptors (Lipinski definition) is 4. The van der Waals surface area contributed by atoms with Crippen LogP contribution in [0.1, 0.15) is 19.3 Å². The van der Waals surface area contributed by atoms with Crippen molar-refractivity contribution in [3.8, 4) is 0 Å². The second kappa shape index (κ2) is 4.26. The van der Waals surface area contributed by atoms with Crippen LogP contribution < -0.4 is 11.1 Å². The maximum absolute atomic E-state index is 6.20. The number of rotatable bonds is 1. The molecule has 0 aromatic rings. The average Bonchev–Trinajstić information content (AvgIpc) is 2.28. The summed E-state index contributed by atoms with van der Waals surface area (Å²) in [7, 11) is 0. The van der Waals surface area contributed by atoms with E-state index in [0.29, 0.717) is 17.5 Å². The molecule has 3 N–H and O–H groups in total. The van der Waals surface area contributed by atoms with Crippen molar-refractivity contribution >= 4 is 0 Å². The topological polar surface area (TPSA) is 50.5 Å². The van der Waals surface area contributed by atoms with Crippen LogP contribution >= 0.6 is 0 Å².